The number of hydrogen-bond donors (Lipinski definition) is 1. The molecule has 0 saturated heterocycles. The Balaban J connectivity index is 1.60. The van der Waals surface area contributed by atoms with Gasteiger partial charge in [-0.25, -0.2) is 13.4 Å². The van der Waals surface area contributed by atoms with E-state index in [4.69, 9.17) is 4.74 Å². The van der Waals surface area contributed by atoms with E-state index in [0.29, 0.717) is 23.1 Å². The number of nitrogens with one attached hydrogen (secondary N) is 1. The third-order valence-corrected chi connectivity index (χ3v) is 8.87. The summed E-state index contributed by atoms with van der Waals surface area (Å²) in [6, 6.07) is 9.19. The van der Waals surface area contributed by atoms with E-state index in [9.17, 15) is 8.42 Å². The molecule has 0 bridgehead atoms. The third kappa shape index (κ3) is 3.55. The van der Waals surface area contributed by atoms with Gasteiger partial charge in [-0.1, -0.05) is 18.2 Å². The maximum absolute atomic E-state index is 12.9. The molecule has 1 unspecified atom stereocenters. The SMILES string of the molecule is CCOCc1cnc(C2Cc3cccc(N(C)S(=O)(=O)c4cccs4)c3N2)s1. The largest absolute Gasteiger partial charge is 0.376 e. The van der Waals surface area contributed by atoms with Gasteiger partial charge in [0.25, 0.3) is 10.0 Å². The Morgan fingerprint density at radius 1 is 1.32 bits per heavy atom. The first kappa shape index (κ1) is 19.4. The molecule has 9 heteroatoms. The Bertz CT molecular complexity index is 1060. The van der Waals surface area contributed by atoms with Crippen LogP contribution in [0.1, 0.15) is 28.4 Å². The number of rotatable bonds is 7. The van der Waals surface area contributed by atoms with Gasteiger partial charge in [0.05, 0.1) is 28.9 Å². The molecule has 4 rings (SSSR count). The summed E-state index contributed by atoms with van der Waals surface area (Å²) in [5.74, 6) is 0. The summed E-state index contributed by atoms with van der Waals surface area (Å²) >= 11 is 2.85. The first-order chi connectivity index (χ1) is 13.5. The summed E-state index contributed by atoms with van der Waals surface area (Å²) in [5.41, 5.74) is 2.61. The minimum atomic E-state index is -3.58. The molecule has 0 aliphatic carbocycles. The molecule has 1 aliphatic heterocycles. The maximum Gasteiger partial charge on any atom is 0.273 e. The van der Waals surface area contributed by atoms with Crippen LogP contribution in [0.5, 0.6) is 0 Å². The highest BCUT2D eigenvalue weighted by Gasteiger charge is 2.31. The average Bonchev–Trinajstić information content (AvgIpc) is 3.45. The summed E-state index contributed by atoms with van der Waals surface area (Å²) in [5, 5.41) is 6.25. The van der Waals surface area contributed by atoms with Crippen molar-refractivity contribution in [2.24, 2.45) is 0 Å². The first-order valence-corrected chi connectivity index (χ1v) is 12.1. The van der Waals surface area contributed by atoms with E-state index in [1.165, 1.54) is 15.6 Å². The molecule has 2 aromatic heterocycles. The van der Waals surface area contributed by atoms with E-state index in [0.717, 1.165) is 27.6 Å². The lowest BCUT2D eigenvalue weighted by molar-refractivity contribution is 0.136. The summed E-state index contributed by atoms with van der Waals surface area (Å²) < 4.78 is 33.0. The molecule has 6 nitrogen and oxygen atoms in total. The van der Waals surface area contributed by atoms with Crippen molar-refractivity contribution < 1.29 is 13.2 Å². The monoisotopic (exact) mass is 435 g/mol. The van der Waals surface area contributed by atoms with Crippen molar-refractivity contribution in [1.82, 2.24) is 4.98 Å². The van der Waals surface area contributed by atoms with Gasteiger partial charge in [0, 0.05) is 26.3 Å². The lowest BCUT2D eigenvalue weighted by Gasteiger charge is -2.21. The van der Waals surface area contributed by atoms with Crippen LogP contribution in [0.4, 0.5) is 11.4 Å². The number of nitrogens with zero attached hydrogens (tertiary/aromatic N) is 2. The smallest absolute Gasteiger partial charge is 0.273 e. The van der Waals surface area contributed by atoms with E-state index >= 15 is 0 Å². The number of ether oxygens (including phenoxy) is 1. The first-order valence-electron chi connectivity index (χ1n) is 8.94. The molecule has 148 valence electrons. The molecular formula is C19H21N3O3S3. The molecular weight excluding hydrogens is 414 g/mol. The lowest BCUT2D eigenvalue weighted by atomic mass is 10.1. The number of thiazole rings is 1. The van der Waals surface area contributed by atoms with Gasteiger partial charge in [-0.3, -0.25) is 4.31 Å². The van der Waals surface area contributed by atoms with Crippen LogP contribution < -0.4 is 9.62 Å². The fraction of sp³-hybridized carbons (Fsp3) is 0.316. The number of thiophene rings is 1. The lowest BCUT2D eigenvalue weighted by Crippen LogP contribution is -2.26. The Hall–Kier alpha value is -1.94. The zero-order valence-electron chi connectivity index (χ0n) is 15.6. The molecule has 3 heterocycles. The Morgan fingerprint density at radius 2 is 2.18 bits per heavy atom. The molecule has 0 saturated carbocycles. The van der Waals surface area contributed by atoms with Crippen LogP contribution in [0.25, 0.3) is 0 Å². The molecule has 3 aromatic rings. The van der Waals surface area contributed by atoms with Gasteiger partial charge < -0.3 is 10.1 Å². The Morgan fingerprint density at radius 3 is 2.93 bits per heavy atom. The van der Waals surface area contributed by atoms with Crippen molar-refractivity contribution in [3.05, 3.63) is 57.4 Å². The molecule has 1 aromatic carbocycles. The maximum atomic E-state index is 12.9. The van der Waals surface area contributed by atoms with Crippen molar-refractivity contribution in [3.8, 4) is 0 Å². The quantitative estimate of drug-likeness (QED) is 0.600. The van der Waals surface area contributed by atoms with Crippen LogP contribution in [-0.2, 0) is 27.8 Å². The Kier molecular flexibility index (Phi) is 5.42. The average molecular weight is 436 g/mol. The normalized spacial score (nSPS) is 16.0. The predicted octanol–water partition coefficient (Wildman–Crippen LogP) is 4.28. The second-order valence-electron chi connectivity index (χ2n) is 6.42. The van der Waals surface area contributed by atoms with Crippen molar-refractivity contribution in [1.29, 1.82) is 0 Å². The fourth-order valence-corrected chi connectivity index (χ4v) is 6.48. The summed E-state index contributed by atoms with van der Waals surface area (Å²) in [4.78, 5) is 5.63. The summed E-state index contributed by atoms with van der Waals surface area (Å²) in [6.07, 6.45) is 2.63. The van der Waals surface area contributed by atoms with E-state index in [1.807, 2.05) is 31.3 Å². The minimum Gasteiger partial charge on any atom is -0.376 e. The topological polar surface area (TPSA) is 71.5 Å². The van der Waals surface area contributed by atoms with Gasteiger partial charge in [0.15, 0.2) is 0 Å². The van der Waals surface area contributed by atoms with Gasteiger partial charge in [-0.05, 0) is 30.0 Å². The van der Waals surface area contributed by atoms with Crippen molar-refractivity contribution >= 4 is 44.1 Å². The second kappa shape index (κ2) is 7.82. The van der Waals surface area contributed by atoms with Gasteiger partial charge in [-0.15, -0.1) is 22.7 Å². The number of fused-ring (bicyclic) bond motifs is 1. The number of hydrogen-bond acceptors (Lipinski definition) is 7. The number of aromatic nitrogens is 1. The van der Waals surface area contributed by atoms with Gasteiger partial charge in [0.2, 0.25) is 0 Å². The molecule has 0 radical (unpaired) electrons. The number of anilines is 2. The summed E-state index contributed by atoms with van der Waals surface area (Å²) in [7, 11) is -1.98. The van der Waals surface area contributed by atoms with Gasteiger partial charge in [0.1, 0.15) is 9.22 Å². The zero-order valence-corrected chi connectivity index (χ0v) is 18.0. The minimum absolute atomic E-state index is 0.0365. The number of benzene rings is 1. The fourth-order valence-electron chi connectivity index (χ4n) is 3.21. The highest BCUT2D eigenvalue weighted by atomic mass is 32.2. The van der Waals surface area contributed by atoms with E-state index in [2.05, 4.69) is 10.3 Å². The molecule has 0 fully saturated rings. The van der Waals surface area contributed by atoms with Crippen molar-refractivity contribution in [2.45, 2.75) is 30.2 Å². The predicted molar refractivity (Wildman–Crippen MR) is 114 cm³/mol. The van der Waals surface area contributed by atoms with Gasteiger partial charge in [-0.2, -0.15) is 0 Å². The standard InChI is InChI=1S/C19H21N3O3S3/c1-3-25-12-14-11-20-19(27-14)15-10-13-6-4-7-16(18(13)21-15)22(2)28(23,24)17-8-5-9-26-17/h4-9,11,15,21H,3,10,12H2,1-2H3. The zero-order chi connectivity index (χ0) is 19.7. The van der Waals surface area contributed by atoms with Crippen LogP contribution in [0.3, 0.4) is 0 Å². The van der Waals surface area contributed by atoms with E-state index < -0.39 is 10.0 Å². The van der Waals surface area contributed by atoms with Crippen LogP contribution in [0.15, 0.2) is 46.1 Å². The molecule has 1 N–H and O–H groups in total. The highest BCUT2D eigenvalue weighted by Crippen LogP contribution is 2.42. The van der Waals surface area contributed by atoms with Gasteiger partial charge >= 0.3 is 0 Å². The summed E-state index contributed by atoms with van der Waals surface area (Å²) in [6.45, 7) is 3.22. The third-order valence-electron chi connectivity index (χ3n) is 4.64. The number of sulfonamides is 1. The van der Waals surface area contributed by atoms with Crippen LogP contribution in [-0.4, -0.2) is 27.1 Å². The number of para-hydroxylation sites is 1. The Labute approximate surface area is 172 Å². The van der Waals surface area contributed by atoms with Crippen LogP contribution in [0.2, 0.25) is 0 Å². The van der Waals surface area contributed by atoms with Crippen LogP contribution >= 0.6 is 22.7 Å². The molecule has 0 amide bonds. The highest BCUT2D eigenvalue weighted by molar-refractivity contribution is 7.94. The van der Waals surface area contributed by atoms with Crippen molar-refractivity contribution in [2.75, 3.05) is 23.3 Å². The van der Waals surface area contributed by atoms with Crippen molar-refractivity contribution in [3.63, 3.8) is 0 Å². The molecule has 0 spiro atoms. The molecule has 1 atom stereocenters. The van der Waals surface area contributed by atoms with Crippen LogP contribution in [0, 0.1) is 0 Å². The molecule has 1 aliphatic rings. The second-order valence-corrected chi connectivity index (χ2v) is 10.7. The van der Waals surface area contributed by atoms with E-state index in [-0.39, 0.29) is 6.04 Å². The van der Waals surface area contributed by atoms with E-state index in [1.54, 1.807) is 35.9 Å². The molecule has 28 heavy (non-hydrogen) atoms.